The summed E-state index contributed by atoms with van der Waals surface area (Å²) in [6.45, 7) is 21.3. The third-order valence-corrected chi connectivity index (χ3v) is 12.9. The fraction of sp³-hybridized carbons (Fsp3) is 0.512. The minimum Gasteiger partial charge on any atom is -0.344 e. The average molecular weight is 760 g/mol. The Bertz CT molecular complexity index is 1700. The van der Waals surface area contributed by atoms with Gasteiger partial charge >= 0.3 is 0 Å². The molecule has 0 N–H and O–H groups in total. The predicted molar refractivity (Wildman–Crippen MR) is 209 cm³/mol. The number of fused-ring (bicyclic) bond motifs is 3. The maximum atomic E-state index is 3.76. The quantitative estimate of drug-likeness (QED) is 0.163. The van der Waals surface area contributed by atoms with E-state index in [9.17, 15) is 0 Å². The van der Waals surface area contributed by atoms with Crippen molar-refractivity contribution >= 4 is 48.9 Å². The molecule has 250 valence electrons. The Kier molecular flexibility index (Phi) is 9.80. The van der Waals surface area contributed by atoms with E-state index in [-0.39, 0.29) is 16.2 Å². The highest BCUT2D eigenvalue weighted by Crippen LogP contribution is 2.61. The van der Waals surface area contributed by atoms with Crippen LogP contribution in [0.25, 0.3) is 0 Å². The molecule has 2 atom stereocenters. The second-order valence-electron chi connectivity index (χ2n) is 16.0. The standard InChI is InChI=1S/C43H55Br2N2/c1-9-11-13-23-46-37-19-17-31(44)26-35(37)42(5,6)39(46)21-15-29-25-30(34-28-33(29)41(34,3)4)16-22-40-43(7,8)36-27-32(45)18-20-38(36)47(40)24-14-12-10-2/h15-22,25-27,33-34H,9-14,23-24,28H2,1-8H3/q+1. The molecule has 3 aliphatic carbocycles. The summed E-state index contributed by atoms with van der Waals surface area (Å²) in [6, 6.07) is 13.7. The Morgan fingerprint density at radius 2 is 1.47 bits per heavy atom. The van der Waals surface area contributed by atoms with Crippen molar-refractivity contribution in [2.75, 3.05) is 18.0 Å². The highest BCUT2D eigenvalue weighted by molar-refractivity contribution is 9.10. The van der Waals surface area contributed by atoms with Crippen molar-refractivity contribution in [1.82, 2.24) is 0 Å². The fourth-order valence-corrected chi connectivity index (χ4v) is 9.67. The highest BCUT2D eigenvalue weighted by atomic mass is 79.9. The van der Waals surface area contributed by atoms with Gasteiger partial charge in [-0.3, -0.25) is 0 Å². The molecule has 0 saturated heterocycles. The van der Waals surface area contributed by atoms with Crippen molar-refractivity contribution in [2.45, 2.75) is 111 Å². The van der Waals surface area contributed by atoms with Gasteiger partial charge in [-0.1, -0.05) is 111 Å². The van der Waals surface area contributed by atoms with E-state index in [2.05, 4.69) is 164 Å². The minimum atomic E-state index is -0.0445. The zero-order valence-electron chi connectivity index (χ0n) is 30.0. The second kappa shape index (κ2) is 13.3. The van der Waals surface area contributed by atoms with Crippen LogP contribution >= 0.6 is 31.9 Å². The topological polar surface area (TPSA) is 6.25 Å². The highest BCUT2D eigenvalue weighted by Gasteiger charge is 2.53. The molecule has 0 amide bonds. The number of anilines is 1. The molecule has 0 radical (unpaired) electrons. The predicted octanol–water partition coefficient (Wildman–Crippen LogP) is 12.7. The van der Waals surface area contributed by atoms with E-state index in [1.54, 1.807) is 0 Å². The summed E-state index contributed by atoms with van der Waals surface area (Å²) in [5, 5.41) is 0. The van der Waals surface area contributed by atoms with Crippen molar-refractivity contribution in [3.63, 3.8) is 0 Å². The van der Waals surface area contributed by atoms with Crippen LogP contribution in [0.15, 0.2) is 92.6 Å². The summed E-state index contributed by atoms with van der Waals surface area (Å²) in [4.78, 5) is 2.61. The van der Waals surface area contributed by atoms with Gasteiger partial charge < -0.3 is 4.90 Å². The molecule has 2 aliphatic heterocycles. The lowest BCUT2D eigenvalue weighted by molar-refractivity contribution is -0.438. The first kappa shape index (κ1) is 34.7. The number of hydrogen-bond donors (Lipinski definition) is 0. The molecule has 7 rings (SSSR count). The summed E-state index contributed by atoms with van der Waals surface area (Å²) in [5.41, 5.74) is 11.6. The van der Waals surface area contributed by atoms with Crippen molar-refractivity contribution in [3.8, 4) is 0 Å². The van der Waals surface area contributed by atoms with Crippen LogP contribution in [-0.2, 0) is 10.8 Å². The van der Waals surface area contributed by atoms with Crippen LogP contribution in [0.5, 0.6) is 0 Å². The van der Waals surface area contributed by atoms with E-state index >= 15 is 0 Å². The van der Waals surface area contributed by atoms with Gasteiger partial charge in [0.15, 0.2) is 5.71 Å². The van der Waals surface area contributed by atoms with Gasteiger partial charge in [0.2, 0.25) is 5.69 Å². The lowest BCUT2D eigenvalue weighted by atomic mass is 9.47. The van der Waals surface area contributed by atoms with Gasteiger partial charge in [0, 0.05) is 56.4 Å². The first-order valence-electron chi connectivity index (χ1n) is 18.2. The van der Waals surface area contributed by atoms with Crippen LogP contribution in [0.3, 0.4) is 0 Å². The molecule has 4 heteroatoms. The first-order chi connectivity index (χ1) is 22.3. The van der Waals surface area contributed by atoms with E-state index in [1.165, 1.54) is 90.0 Å². The third kappa shape index (κ3) is 6.13. The molecule has 5 aliphatic rings. The largest absolute Gasteiger partial charge is 0.344 e. The van der Waals surface area contributed by atoms with E-state index in [4.69, 9.17) is 0 Å². The third-order valence-electron chi connectivity index (χ3n) is 12.0. The number of halogens is 2. The smallest absolute Gasteiger partial charge is 0.209 e. The zero-order chi connectivity index (χ0) is 33.7. The lowest BCUT2D eigenvalue weighted by Gasteiger charge is -2.57. The molecule has 2 bridgehead atoms. The number of nitrogens with zero attached hydrogens (tertiary/aromatic N) is 2. The van der Waals surface area contributed by atoms with Gasteiger partial charge in [-0.25, -0.2) is 0 Å². The molecule has 2 nitrogen and oxygen atoms in total. The summed E-state index contributed by atoms with van der Waals surface area (Å²) in [5.74, 6) is 1.22. The Labute approximate surface area is 302 Å². The Morgan fingerprint density at radius 3 is 2.17 bits per heavy atom. The number of benzene rings is 2. The Balaban J connectivity index is 1.37. The van der Waals surface area contributed by atoms with E-state index in [0.29, 0.717) is 11.8 Å². The lowest BCUT2D eigenvalue weighted by Crippen LogP contribution is -2.48. The molecular formula is C43H55Br2N2+. The van der Waals surface area contributed by atoms with Gasteiger partial charge in [-0.05, 0) is 103 Å². The monoisotopic (exact) mass is 757 g/mol. The van der Waals surface area contributed by atoms with Crippen LogP contribution in [0.4, 0.5) is 11.4 Å². The molecule has 47 heavy (non-hydrogen) atoms. The van der Waals surface area contributed by atoms with Gasteiger partial charge in [0.25, 0.3) is 0 Å². The van der Waals surface area contributed by atoms with Crippen LogP contribution < -0.4 is 4.90 Å². The van der Waals surface area contributed by atoms with Gasteiger partial charge in [-0.15, -0.1) is 0 Å². The fourth-order valence-electron chi connectivity index (χ4n) is 8.95. The Morgan fingerprint density at radius 1 is 0.787 bits per heavy atom. The maximum Gasteiger partial charge on any atom is 0.209 e. The molecule has 2 aromatic carbocycles. The molecule has 2 unspecified atom stereocenters. The summed E-state index contributed by atoms with van der Waals surface area (Å²) >= 11 is 7.52. The number of rotatable bonds is 11. The number of allylic oxidation sites excluding steroid dienone is 8. The van der Waals surface area contributed by atoms with Crippen molar-refractivity contribution in [2.24, 2.45) is 17.3 Å². The normalized spacial score (nSPS) is 25.1. The second-order valence-corrected chi connectivity index (χ2v) is 17.9. The molecule has 1 saturated carbocycles. The SMILES string of the molecule is CCCCCN1/C(=C/C=C2C=C(/C=C/C3=[N+](CCCCC)c4ccc(Br)cc4C3(C)C)C3CC/2C3(C)C)C(C)(C)c2cc(Br)ccc21. The van der Waals surface area contributed by atoms with Gasteiger partial charge in [-0.2, -0.15) is 4.58 Å². The molecule has 2 aromatic rings. The molecule has 0 spiro atoms. The number of unbranched alkanes of at least 4 members (excludes halogenated alkanes) is 4. The molecule has 2 heterocycles. The van der Waals surface area contributed by atoms with Crippen LogP contribution in [-0.4, -0.2) is 23.4 Å². The zero-order valence-corrected chi connectivity index (χ0v) is 33.2. The first-order valence-corrected chi connectivity index (χ1v) is 19.8. The summed E-state index contributed by atoms with van der Waals surface area (Å²) in [6.07, 6.45) is 21.1. The van der Waals surface area contributed by atoms with Crippen molar-refractivity contribution in [1.29, 1.82) is 0 Å². The van der Waals surface area contributed by atoms with Crippen molar-refractivity contribution < 1.29 is 4.58 Å². The molecular weight excluding hydrogens is 704 g/mol. The Hall–Kier alpha value is -2.17. The van der Waals surface area contributed by atoms with E-state index in [1.807, 2.05) is 0 Å². The van der Waals surface area contributed by atoms with Crippen LogP contribution in [0.2, 0.25) is 0 Å². The summed E-state index contributed by atoms with van der Waals surface area (Å²) in [7, 11) is 0. The number of hydrogen-bond acceptors (Lipinski definition) is 1. The minimum absolute atomic E-state index is 0.0445. The average Bonchev–Trinajstić information content (AvgIpc) is 3.36. The van der Waals surface area contributed by atoms with Crippen LogP contribution in [0, 0.1) is 17.3 Å². The summed E-state index contributed by atoms with van der Waals surface area (Å²) < 4.78 is 4.93. The van der Waals surface area contributed by atoms with Crippen LogP contribution in [0.1, 0.15) is 111 Å². The maximum absolute atomic E-state index is 3.76. The molecule has 0 aromatic heterocycles. The van der Waals surface area contributed by atoms with Crippen molar-refractivity contribution in [3.05, 3.63) is 104 Å². The van der Waals surface area contributed by atoms with Gasteiger partial charge in [0.1, 0.15) is 6.54 Å². The van der Waals surface area contributed by atoms with E-state index in [0.717, 1.165) is 22.0 Å². The van der Waals surface area contributed by atoms with Gasteiger partial charge in [0.05, 0.1) is 5.41 Å². The molecule has 1 fully saturated rings. The van der Waals surface area contributed by atoms with E-state index < -0.39 is 0 Å².